The zero-order chi connectivity index (χ0) is 8.15. The number of thiol groups is 2. The standard InChI is InChI=1S/C4H6O4S2/c5-1-8-4(10)2(9)3(6)7/h1-2,4,9-10H,(H,6,7). The fourth-order valence-corrected chi connectivity index (χ4v) is 0.501. The van der Waals surface area contributed by atoms with Gasteiger partial charge in [0, 0.05) is 0 Å². The van der Waals surface area contributed by atoms with Gasteiger partial charge >= 0.3 is 5.97 Å². The average Bonchev–Trinajstić information content (AvgIpc) is 1.87. The minimum atomic E-state index is -1.18. The molecule has 0 fully saturated rings. The molecule has 0 aromatic rings. The molecule has 58 valence electrons. The number of carboxylic acids is 1. The van der Waals surface area contributed by atoms with Crippen LogP contribution in [0.2, 0.25) is 0 Å². The van der Waals surface area contributed by atoms with Gasteiger partial charge < -0.3 is 9.84 Å². The van der Waals surface area contributed by atoms with Gasteiger partial charge in [0.05, 0.1) is 0 Å². The Kier molecular flexibility index (Phi) is 4.29. The molecule has 6 heteroatoms. The lowest BCUT2D eigenvalue weighted by Crippen LogP contribution is -2.26. The maximum absolute atomic E-state index is 10.1. The first-order chi connectivity index (χ1) is 4.59. The van der Waals surface area contributed by atoms with Crippen LogP contribution < -0.4 is 0 Å². The van der Waals surface area contributed by atoms with Crippen molar-refractivity contribution in [1.29, 1.82) is 0 Å². The van der Waals surface area contributed by atoms with Crippen LogP contribution in [0.25, 0.3) is 0 Å². The highest BCUT2D eigenvalue weighted by atomic mass is 32.1. The first-order valence-electron chi connectivity index (χ1n) is 2.27. The number of aliphatic carboxylic acids is 1. The highest BCUT2D eigenvalue weighted by Gasteiger charge is 2.21. The quantitative estimate of drug-likeness (QED) is 0.320. The Morgan fingerprint density at radius 3 is 2.40 bits per heavy atom. The van der Waals surface area contributed by atoms with E-state index in [1.165, 1.54) is 0 Å². The minimum absolute atomic E-state index is 0.129. The molecule has 0 rings (SSSR count). The molecule has 0 radical (unpaired) electrons. The third kappa shape index (κ3) is 2.98. The van der Waals surface area contributed by atoms with E-state index in [0.717, 1.165) is 0 Å². The van der Waals surface area contributed by atoms with Crippen molar-refractivity contribution in [3.05, 3.63) is 0 Å². The van der Waals surface area contributed by atoms with Crippen molar-refractivity contribution in [3.63, 3.8) is 0 Å². The molecule has 0 aromatic carbocycles. The summed E-state index contributed by atoms with van der Waals surface area (Å²) in [7, 11) is 0. The molecule has 0 amide bonds. The van der Waals surface area contributed by atoms with Crippen LogP contribution in [0.15, 0.2) is 0 Å². The smallest absolute Gasteiger partial charge is 0.321 e. The van der Waals surface area contributed by atoms with Gasteiger partial charge in [-0.2, -0.15) is 12.6 Å². The molecule has 2 atom stereocenters. The molecule has 2 unspecified atom stereocenters. The van der Waals surface area contributed by atoms with Crippen molar-refractivity contribution in [2.75, 3.05) is 0 Å². The molecule has 0 aliphatic carbocycles. The molecule has 1 N–H and O–H groups in total. The summed E-state index contributed by atoms with van der Waals surface area (Å²) < 4.78 is 4.19. The van der Waals surface area contributed by atoms with Crippen molar-refractivity contribution in [1.82, 2.24) is 0 Å². The molecule has 0 heterocycles. The Morgan fingerprint density at radius 1 is 1.60 bits per heavy atom. The topological polar surface area (TPSA) is 63.6 Å². The van der Waals surface area contributed by atoms with Crippen LogP contribution in [0, 0.1) is 0 Å². The molecule has 0 saturated heterocycles. The predicted molar refractivity (Wildman–Crippen MR) is 40.3 cm³/mol. The fourth-order valence-electron chi connectivity index (χ4n) is 0.253. The lowest BCUT2D eigenvalue weighted by atomic mass is 10.4. The number of rotatable bonds is 4. The van der Waals surface area contributed by atoms with E-state index in [-0.39, 0.29) is 6.47 Å². The molecule has 0 spiro atoms. The Morgan fingerprint density at radius 2 is 2.10 bits per heavy atom. The van der Waals surface area contributed by atoms with Crippen LogP contribution in [0.1, 0.15) is 0 Å². The van der Waals surface area contributed by atoms with Crippen molar-refractivity contribution >= 4 is 37.7 Å². The lowest BCUT2D eigenvalue weighted by molar-refractivity contribution is -0.139. The second-order valence-electron chi connectivity index (χ2n) is 1.41. The summed E-state index contributed by atoms with van der Waals surface area (Å²) in [5, 5.41) is 7.17. The summed E-state index contributed by atoms with van der Waals surface area (Å²) in [5.74, 6) is -1.18. The van der Waals surface area contributed by atoms with Gasteiger partial charge in [0.2, 0.25) is 0 Å². The largest absolute Gasteiger partial charge is 0.480 e. The van der Waals surface area contributed by atoms with Crippen molar-refractivity contribution in [2.24, 2.45) is 0 Å². The van der Waals surface area contributed by atoms with Gasteiger partial charge in [0.15, 0.2) is 5.44 Å². The summed E-state index contributed by atoms with van der Waals surface area (Å²) in [6.07, 6.45) is 0. The Bertz CT molecular complexity index is 137. The summed E-state index contributed by atoms with van der Waals surface area (Å²) in [6, 6.07) is 0. The normalized spacial score (nSPS) is 15.4. The third-order valence-corrected chi connectivity index (χ3v) is 1.86. The molecule has 10 heavy (non-hydrogen) atoms. The van der Waals surface area contributed by atoms with Crippen LogP contribution in [0.3, 0.4) is 0 Å². The minimum Gasteiger partial charge on any atom is -0.480 e. The van der Waals surface area contributed by atoms with E-state index < -0.39 is 16.7 Å². The summed E-state index contributed by atoms with van der Waals surface area (Å²) in [5.41, 5.74) is -1.00. The van der Waals surface area contributed by atoms with E-state index in [1.807, 2.05) is 0 Å². The number of carbonyl (C=O) groups excluding carboxylic acids is 1. The Labute approximate surface area is 68.4 Å². The van der Waals surface area contributed by atoms with Gasteiger partial charge in [-0.1, -0.05) is 0 Å². The van der Waals surface area contributed by atoms with Crippen molar-refractivity contribution in [2.45, 2.75) is 10.7 Å². The molecule has 0 saturated carbocycles. The number of ether oxygens (including phenoxy) is 1. The number of carbonyl (C=O) groups is 2. The first-order valence-corrected chi connectivity index (χ1v) is 3.31. The molecular formula is C4H6O4S2. The van der Waals surface area contributed by atoms with Crippen LogP contribution in [-0.4, -0.2) is 28.2 Å². The predicted octanol–water partition coefficient (Wildman–Crippen LogP) is -0.202. The van der Waals surface area contributed by atoms with Crippen LogP contribution >= 0.6 is 25.3 Å². The molecule has 0 aliphatic rings. The van der Waals surface area contributed by atoms with Gasteiger partial charge in [0.1, 0.15) is 5.25 Å². The zero-order valence-electron chi connectivity index (χ0n) is 4.80. The van der Waals surface area contributed by atoms with Gasteiger partial charge in [-0.15, -0.1) is 12.6 Å². The van der Waals surface area contributed by atoms with Crippen molar-refractivity contribution in [3.8, 4) is 0 Å². The Balaban J connectivity index is 3.80. The summed E-state index contributed by atoms with van der Waals surface area (Å²) >= 11 is 7.23. The maximum Gasteiger partial charge on any atom is 0.321 e. The number of hydrogen-bond acceptors (Lipinski definition) is 5. The number of hydrogen-bond donors (Lipinski definition) is 3. The highest BCUT2D eigenvalue weighted by molar-refractivity contribution is 7.85. The third-order valence-electron chi connectivity index (χ3n) is 0.718. The van der Waals surface area contributed by atoms with E-state index in [9.17, 15) is 9.59 Å². The fraction of sp³-hybridized carbons (Fsp3) is 0.500. The second kappa shape index (κ2) is 4.45. The lowest BCUT2D eigenvalue weighted by Gasteiger charge is -2.10. The van der Waals surface area contributed by atoms with Gasteiger partial charge in [-0.05, 0) is 0 Å². The van der Waals surface area contributed by atoms with E-state index >= 15 is 0 Å². The van der Waals surface area contributed by atoms with E-state index in [1.54, 1.807) is 0 Å². The van der Waals surface area contributed by atoms with Crippen molar-refractivity contribution < 1.29 is 19.4 Å². The first kappa shape index (κ1) is 9.64. The molecule has 0 bridgehead atoms. The summed E-state index contributed by atoms with van der Waals surface area (Å²) in [6.45, 7) is 0.129. The van der Waals surface area contributed by atoms with Gasteiger partial charge in [-0.3, -0.25) is 9.59 Å². The van der Waals surface area contributed by atoms with E-state index in [4.69, 9.17) is 5.11 Å². The van der Waals surface area contributed by atoms with E-state index in [2.05, 4.69) is 30.0 Å². The molecule has 4 nitrogen and oxygen atoms in total. The monoisotopic (exact) mass is 182 g/mol. The molecular weight excluding hydrogens is 176 g/mol. The second-order valence-corrected chi connectivity index (χ2v) is 2.47. The van der Waals surface area contributed by atoms with Gasteiger partial charge in [0.25, 0.3) is 6.47 Å². The average molecular weight is 182 g/mol. The van der Waals surface area contributed by atoms with Crippen LogP contribution in [-0.2, 0) is 14.3 Å². The SMILES string of the molecule is O=COC(S)C(S)C(=O)O. The van der Waals surface area contributed by atoms with Gasteiger partial charge in [-0.25, -0.2) is 0 Å². The zero-order valence-corrected chi connectivity index (χ0v) is 6.59. The molecule has 0 aromatic heterocycles. The van der Waals surface area contributed by atoms with E-state index in [0.29, 0.717) is 0 Å². The summed E-state index contributed by atoms with van der Waals surface area (Å²) in [4.78, 5) is 19.7. The highest BCUT2D eigenvalue weighted by Crippen LogP contribution is 2.09. The maximum atomic E-state index is 10.1. The van der Waals surface area contributed by atoms with Crippen LogP contribution in [0.4, 0.5) is 0 Å². The molecule has 0 aliphatic heterocycles. The number of carboxylic acid groups (broad SMARTS) is 1. The van der Waals surface area contributed by atoms with Crippen LogP contribution in [0.5, 0.6) is 0 Å². The Hall–Kier alpha value is -0.360.